The number of nitriles is 1. The fourth-order valence-corrected chi connectivity index (χ4v) is 5.36. The lowest BCUT2D eigenvalue weighted by molar-refractivity contribution is 0.107. The predicted octanol–water partition coefficient (Wildman–Crippen LogP) is 6.32. The van der Waals surface area contributed by atoms with E-state index in [9.17, 15) is 15.2 Å². The van der Waals surface area contributed by atoms with Crippen LogP contribution in [0.4, 0.5) is 10.5 Å². The summed E-state index contributed by atoms with van der Waals surface area (Å²) in [5.74, 6) is 1.41. The minimum absolute atomic E-state index is 0.428. The van der Waals surface area contributed by atoms with Crippen LogP contribution in [-0.4, -0.2) is 65.3 Å². The predicted molar refractivity (Wildman–Crippen MR) is 165 cm³/mol. The number of nitrogens with one attached hydrogen (secondary N) is 1. The minimum atomic E-state index is -0.880. The molecule has 43 heavy (non-hydrogen) atoms. The van der Waals surface area contributed by atoms with Gasteiger partial charge in [0.1, 0.15) is 24.2 Å². The molecule has 2 N–H and O–H groups in total. The molecule has 5 aromatic rings. The number of benzene rings is 3. The van der Waals surface area contributed by atoms with Crippen LogP contribution < -0.4 is 10.1 Å². The molecule has 9 heteroatoms. The van der Waals surface area contributed by atoms with Crippen LogP contribution in [0.1, 0.15) is 11.1 Å². The Morgan fingerprint density at radius 2 is 1.65 bits per heavy atom. The van der Waals surface area contributed by atoms with Crippen molar-refractivity contribution in [3.63, 3.8) is 0 Å². The molecule has 1 amide bonds. The van der Waals surface area contributed by atoms with Crippen LogP contribution in [-0.2, 0) is 6.61 Å². The van der Waals surface area contributed by atoms with Crippen molar-refractivity contribution in [3.05, 3.63) is 102 Å². The van der Waals surface area contributed by atoms with Crippen LogP contribution >= 0.6 is 0 Å². The fraction of sp³-hybridized carbons (Fsp3) is 0.206. The van der Waals surface area contributed by atoms with Crippen LogP contribution in [0, 0.1) is 11.3 Å². The number of rotatable bonds is 9. The van der Waals surface area contributed by atoms with E-state index in [4.69, 9.17) is 9.15 Å². The summed E-state index contributed by atoms with van der Waals surface area (Å²) in [6.07, 6.45) is 0.660. The van der Waals surface area contributed by atoms with Crippen molar-refractivity contribution in [2.24, 2.45) is 0 Å². The minimum Gasteiger partial charge on any atom is -0.489 e. The van der Waals surface area contributed by atoms with Gasteiger partial charge in [-0.25, -0.2) is 9.78 Å². The van der Waals surface area contributed by atoms with Gasteiger partial charge in [-0.05, 0) is 35.4 Å². The summed E-state index contributed by atoms with van der Waals surface area (Å²) in [6, 6.07) is 30.1. The highest BCUT2D eigenvalue weighted by molar-refractivity contribution is 6.08. The SMILES string of the molecule is N#Cc1cnc2oc(-c3ccc(OCc4ccccc4)cc3)c(-c3ccccc3)c2c1NCCN1CCN(C(=O)O)CC1. The molecule has 0 aliphatic carbocycles. The molecule has 1 aliphatic heterocycles. The van der Waals surface area contributed by atoms with Crippen LogP contribution in [0.2, 0.25) is 0 Å². The molecule has 0 saturated carbocycles. The van der Waals surface area contributed by atoms with E-state index in [-0.39, 0.29) is 0 Å². The Balaban J connectivity index is 1.30. The van der Waals surface area contributed by atoms with Gasteiger partial charge in [0, 0.05) is 50.4 Å². The molecule has 0 radical (unpaired) electrons. The topological polar surface area (TPSA) is 115 Å². The first-order valence-corrected chi connectivity index (χ1v) is 14.2. The maximum Gasteiger partial charge on any atom is 0.407 e. The second-order valence-electron chi connectivity index (χ2n) is 10.3. The molecule has 3 heterocycles. The van der Waals surface area contributed by atoms with Crippen molar-refractivity contribution in [2.75, 3.05) is 44.6 Å². The monoisotopic (exact) mass is 573 g/mol. The molecule has 3 aromatic carbocycles. The standard InChI is InChI=1S/C34H31N5O4/c35-21-27-22-37-33-30(31(27)36-15-16-38-17-19-39(20-18-38)34(40)41)29(25-9-5-2-6-10-25)32(43-33)26-11-13-28(14-12-26)42-23-24-7-3-1-4-8-24/h1-14,22H,15-20,23H2,(H,36,37)(H,40,41). The number of aromatic nitrogens is 1. The summed E-state index contributed by atoms with van der Waals surface area (Å²) in [5.41, 5.74) is 5.31. The van der Waals surface area contributed by atoms with Gasteiger partial charge in [-0.3, -0.25) is 4.90 Å². The Labute approximate surface area is 249 Å². The van der Waals surface area contributed by atoms with Crippen molar-refractivity contribution >= 4 is 22.9 Å². The third-order valence-corrected chi connectivity index (χ3v) is 7.64. The first kappa shape index (κ1) is 27.8. The second kappa shape index (κ2) is 12.7. The molecular weight excluding hydrogens is 542 g/mol. The Kier molecular flexibility index (Phi) is 8.20. The molecule has 2 aromatic heterocycles. The number of fused-ring (bicyclic) bond motifs is 1. The van der Waals surface area contributed by atoms with Crippen molar-refractivity contribution in [1.29, 1.82) is 5.26 Å². The van der Waals surface area contributed by atoms with Gasteiger partial charge in [0.15, 0.2) is 0 Å². The summed E-state index contributed by atoms with van der Waals surface area (Å²) in [7, 11) is 0. The summed E-state index contributed by atoms with van der Waals surface area (Å²) < 4.78 is 12.4. The van der Waals surface area contributed by atoms with Crippen LogP contribution in [0.3, 0.4) is 0 Å². The van der Waals surface area contributed by atoms with E-state index in [1.54, 1.807) is 6.20 Å². The number of ether oxygens (including phenoxy) is 1. The zero-order valence-corrected chi connectivity index (χ0v) is 23.6. The van der Waals surface area contributed by atoms with Gasteiger partial charge in [-0.15, -0.1) is 0 Å². The molecule has 6 rings (SSSR count). The van der Waals surface area contributed by atoms with E-state index in [0.29, 0.717) is 68.6 Å². The van der Waals surface area contributed by atoms with Crippen LogP contribution in [0.5, 0.6) is 5.75 Å². The first-order valence-electron chi connectivity index (χ1n) is 14.2. The number of pyridine rings is 1. The average molecular weight is 574 g/mol. The third kappa shape index (κ3) is 6.15. The lowest BCUT2D eigenvalue weighted by Gasteiger charge is -2.33. The molecule has 1 aliphatic rings. The number of furan rings is 1. The van der Waals surface area contributed by atoms with E-state index in [2.05, 4.69) is 21.3 Å². The zero-order valence-electron chi connectivity index (χ0n) is 23.6. The molecule has 0 bridgehead atoms. The van der Waals surface area contributed by atoms with Crippen molar-refractivity contribution in [1.82, 2.24) is 14.8 Å². The van der Waals surface area contributed by atoms with Crippen molar-refractivity contribution < 1.29 is 19.1 Å². The number of carbonyl (C=O) groups is 1. The molecule has 0 spiro atoms. The van der Waals surface area contributed by atoms with Gasteiger partial charge in [0.25, 0.3) is 0 Å². The summed E-state index contributed by atoms with van der Waals surface area (Å²) in [6.45, 7) is 4.06. The fourth-order valence-electron chi connectivity index (χ4n) is 5.36. The maximum atomic E-state index is 11.3. The smallest absolute Gasteiger partial charge is 0.407 e. The normalized spacial score (nSPS) is 13.5. The van der Waals surface area contributed by atoms with Gasteiger partial charge in [-0.1, -0.05) is 60.7 Å². The molecule has 9 nitrogen and oxygen atoms in total. The largest absolute Gasteiger partial charge is 0.489 e. The average Bonchev–Trinajstić information content (AvgIpc) is 3.45. The second-order valence-corrected chi connectivity index (χ2v) is 10.3. The van der Waals surface area contributed by atoms with E-state index >= 15 is 0 Å². The number of carboxylic acid groups (broad SMARTS) is 1. The Hall–Kier alpha value is -5.33. The number of hydrogen-bond acceptors (Lipinski definition) is 7. The molecular formula is C34H31N5O4. The van der Waals surface area contributed by atoms with E-state index in [1.807, 2.05) is 84.9 Å². The lowest BCUT2D eigenvalue weighted by atomic mass is 9.97. The highest BCUT2D eigenvalue weighted by Crippen LogP contribution is 2.44. The number of nitrogens with zero attached hydrogens (tertiary/aromatic N) is 4. The third-order valence-electron chi connectivity index (χ3n) is 7.64. The zero-order chi connectivity index (χ0) is 29.6. The van der Waals surface area contributed by atoms with Gasteiger partial charge in [-0.2, -0.15) is 5.26 Å². The summed E-state index contributed by atoms with van der Waals surface area (Å²) in [5, 5.41) is 23.5. The first-order chi connectivity index (χ1) is 21.1. The van der Waals surface area contributed by atoms with Crippen LogP contribution in [0.25, 0.3) is 33.6 Å². The van der Waals surface area contributed by atoms with E-state index in [0.717, 1.165) is 33.4 Å². The van der Waals surface area contributed by atoms with Gasteiger partial charge in [0.05, 0.1) is 22.8 Å². The number of anilines is 1. The number of piperazine rings is 1. The highest BCUT2D eigenvalue weighted by atomic mass is 16.5. The van der Waals surface area contributed by atoms with Gasteiger partial charge < -0.3 is 24.5 Å². The Morgan fingerprint density at radius 3 is 2.33 bits per heavy atom. The molecule has 0 atom stereocenters. The summed E-state index contributed by atoms with van der Waals surface area (Å²) in [4.78, 5) is 19.4. The maximum absolute atomic E-state index is 11.3. The quantitative estimate of drug-likeness (QED) is 0.211. The number of amides is 1. The molecule has 216 valence electrons. The Morgan fingerprint density at radius 1 is 0.953 bits per heavy atom. The number of hydrogen-bond donors (Lipinski definition) is 2. The molecule has 1 saturated heterocycles. The molecule has 1 fully saturated rings. The molecule has 0 unspecified atom stereocenters. The van der Waals surface area contributed by atoms with Crippen molar-refractivity contribution in [3.8, 4) is 34.3 Å². The summed E-state index contributed by atoms with van der Waals surface area (Å²) >= 11 is 0. The van der Waals surface area contributed by atoms with Gasteiger partial charge >= 0.3 is 6.09 Å². The van der Waals surface area contributed by atoms with E-state index < -0.39 is 6.09 Å². The van der Waals surface area contributed by atoms with Crippen LogP contribution in [0.15, 0.2) is 95.5 Å². The lowest BCUT2D eigenvalue weighted by Crippen LogP contribution is -2.49. The Bertz CT molecular complexity index is 1740. The highest BCUT2D eigenvalue weighted by Gasteiger charge is 2.24. The van der Waals surface area contributed by atoms with Crippen molar-refractivity contribution in [2.45, 2.75) is 6.61 Å². The van der Waals surface area contributed by atoms with E-state index in [1.165, 1.54) is 4.90 Å². The van der Waals surface area contributed by atoms with Gasteiger partial charge in [0.2, 0.25) is 5.71 Å².